The van der Waals surface area contributed by atoms with Crippen molar-refractivity contribution in [3.63, 3.8) is 0 Å². The van der Waals surface area contributed by atoms with Crippen molar-refractivity contribution in [1.82, 2.24) is 0 Å². The van der Waals surface area contributed by atoms with Gasteiger partial charge in [-0.15, -0.1) is 0 Å². The summed E-state index contributed by atoms with van der Waals surface area (Å²) in [7, 11) is 0. The summed E-state index contributed by atoms with van der Waals surface area (Å²) < 4.78 is 0. The molecule has 0 saturated heterocycles. The fourth-order valence-electron chi connectivity index (χ4n) is 3.50. The summed E-state index contributed by atoms with van der Waals surface area (Å²) in [6.07, 6.45) is 0. The molecule has 2 nitrogen and oxygen atoms in total. The van der Waals surface area contributed by atoms with Gasteiger partial charge in [0.2, 0.25) is 0 Å². The van der Waals surface area contributed by atoms with E-state index in [9.17, 15) is 10.2 Å². The number of benzene rings is 3. The monoisotopic (exact) mass is 346 g/mol. The van der Waals surface area contributed by atoms with E-state index in [1.165, 1.54) is 5.56 Å². The third kappa shape index (κ3) is 3.20. The van der Waals surface area contributed by atoms with Gasteiger partial charge in [-0.05, 0) is 34.9 Å². The molecule has 0 saturated carbocycles. The van der Waals surface area contributed by atoms with Crippen LogP contribution >= 0.6 is 0 Å². The first-order valence-electron chi connectivity index (χ1n) is 8.92. The zero-order valence-corrected chi connectivity index (χ0v) is 15.8. The van der Waals surface area contributed by atoms with E-state index >= 15 is 0 Å². The van der Waals surface area contributed by atoms with E-state index < -0.39 is 0 Å². The number of phenols is 2. The molecule has 0 aliphatic rings. The minimum atomic E-state index is -0.313. The van der Waals surface area contributed by atoms with Crippen LogP contribution in [0.5, 0.6) is 11.5 Å². The van der Waals surface area contributed by atoms with Gasteiger partial charge >= 0.3 is 0 Å². The highest BCUT2D eigenvalue weighted by atomic mass is 16.3. The van der Waals surface area contributed by atoms with Gasteiger partial charge in [-0.1, -0.05) is 82.3 Å². The van der Waals surface area contributed by atoms with Crippen LogP contribution in [0.3, 0.4) is 0 Å². The first kappa shape index (κ1) is 18.1. The van der Waals surface area contributed by atoms with Crippen molar-refractivity contribution in [3.05, 3.63) is 95.1 Å². The Morgan fingerprint density at radius 3 is 1.77 bits per heavy atom. The van der Waals surface area contributed by atoms with Crippen LogP contribution in [0.15, 0.2) is 72.8 Å². The van der Waals surface area contributed by atoms with Gasteiger partial charge < -0.3 is 10.2 Å². The Kier molecular flexibility index (Phi) is 4.53. The van der Waals surface area contributed by atoms with Gasteiger partial charge in [0.05, 0.1) is 0 Å². The van der Waals surface area contributed by atoms with Gasteiger partial charge in [-0.3, -0.25) is 0 Å². The minimum absolute atomic E-state index is 0.196. The fourth-order valence-corrected chi connectivity index (χ4v) is 3.50. The summed E-state index contributed by atoms with van der Waals surface area (Å²) >= 11 is 0. The molecule has 0 fully saturated rings. The number of rotatable bonds is 4. The largest absolute Gasteiger partial charge is 0.508 e. The second kappa shape index (κ2) is 6.53. The van der Waals surface area contributed by atoms with Crippen molar-refractivity contribution < 1.29 is 10.2 Å². The van der Waals surface area contributed by atoms with Gasteiger partial charge in [0, 0.05) is 16.4 Å². The van der Waals surface area contributed by atoms with Crippen molar-refractivity contribution in [3.8, 4) is 11.5 Å². The summed E-state index contributed by atoms with van der Waals surface area (Å²) in [5, 5.41) is 19.9. The number of phenolic OH excluding ortho intramolecular Hbond substituents is 2. The lowest BCUT2D eigenvalue weighted by atomic mass is 9.73. The van der Waals surface area contributed by atoms with E-state index in [2.05, 4.69) is 52.0 Å². The first-order valence-corrected chi connectivity index (χ1v) is 8.92. The third-order valence-electron chi connectivity index (χ3n) is 5.47. The number of para-hydroxylation sites is 1. The average molecular weight is 346 g/mol. The molecule has 134 valence electrons. The molecule has 0 aliphatic carbocycles. The van der Waals surface area contributed by atoms with Crippen LogP contribution in [-0.2, 0) is 10.8 Å². The summed E-state index contributed by atoms with van der Waals surface area (Å²) in [6, 6.07) is 23.5. The van der Waals surface area contributed by atoms with E-state index in [4.69, 9.17) is 0 Å². The molecule has 0 aliphatic heterocycles. The van der Waals surface area contributed by atoms with Crippen molar-refractivity contribution in [2.45, 2.75) is 38.5 Å². The van der Waals surface area contributed by atoms with Gasteiger partial charge in [0.25, 0.3) is 0 Å². The molecule has 3 rings (SSSR count). The van der Waals surface area contributed by atoms with Crippen molar-refractivity contribution >= 4 is 0 Å². The maximum atomic E-state index is 10.3. The number of aromatic hydroxyl groups is 2. The molecular formula is C24H26O2. The molecular weight excluding hydrogens is 320 g/mol. The van der Waals surface area contributed by atoms with Crippen molar-refractivity contribution in [2.75, 3.05) is 0 Å². The molecule has 0 heterocycles. The Balaban J connectivity index is 2.05. The lowest BCUT2D eigenvalue weighted by molar-refractivity contribution is 0.453. The number of hydrogen-bond acceptors (Lipinski definition) is 2. The highest BCUT2D eigenvalue weighted by Gasteiger charge is 2.29. The second-order valence-corrected chi connectivity index (χ2v) is 7.89. The molecule has 2 N–H and O–H groups in total. The maximum absolute atomic E-state index is 10.3. The summed E-state index contributed by atoms with van der Waals surface area (Å²) in [4.78, 5) is 0. The average Bonchev–Trinajstić information content (AvgIpc) is 2.62. The van der Waals surface area contributed by atoms with Gasteiger partial charge in [0.1, 0.15) is 11.5 Å². The molecule has 0 radical (unpaired) electrons. The van der Waals surface area contributed by atoms with Crippen LogP contribution in [0.4, 0.5) is 0 Å². The van der Waals surface area contributed by atoms with Gasteiger partial charge in [-0.25, -0.2) is 0 Å². The SMILES string of the molecule is CC(C)(c1ccc(O)cc1)c1cccc(C(C)(C)c2ccccc2O)c1. The van der Waals surface area contributed by atoms with E-state index in [-0.39, 0.29) is 16.6 Å². The Morgan fingerprint density at radius 1 is 0.577 bits per heavy atom. The molecule has 3 aromatic carbocycles. The molecule has 2 heteroatoms. The Hall–Kier alpha value is -2.74. The standard InChI is InChI=1S/C24H26O2/c1-23(2,17-12-14-20(25)15-13-17)18-8-7-9-19(16-18)24(3,4)21-10-5-6-11-22(21)26/h5-16,25-26H,1-4H3. The third-order valence-corrected chi connectivity index (χ3v) is 5.47. The zero-order chi connectivity index (χ0) is 18.9. The predicted molar refractivity (Wildman–Crippen MR) is 107 cm³/mol. The van der Waals surface area contributed by atoms with Gasteiger partial charge in [-0.2, -0.15) is 0 Å². The molecule has 0 bridgehead atoms. The van der Waals surface area contributed by atoms with E-state index in [0.29, 0.717) is 5.75 Å². The quantitative estimate of drug-likeness (QED) is 0.631. The van der Waals surface area contributed by atoms with Crippen LogP contribution in [0, 0.1) is 0 Å². The van der Waals surface area contributed by atoms with E-state index in [0.717, 1.165) is 16.7 Å². The van der Waals surface area contributed by atoms with Crippen molar-refractivity contribution in [1.29, 1.82) is 0 Å². The predicted octanol–water partition coefficient (Wildman–Crippen LogP) is 5.75. The summed E-state index contributed by atoms with van der Waals surface area (Å²) in [6.45, 7) is 8.64. The molecule has 0 atom stereocenters. The Labute approximate surface area is 155 Å². The fraction of sp³-hybridized carbons (Fsp3) is 0.250. The summed E-state index contributed by atoms with van der Waals surface area (Å²) in [5.74, 6) is 0.597. The first-order chi connectivity index (χ1) is 12.2. The Bertz CT molecular complexity index is 906. The molecule has 0 amide bonds. The van der Waals surface area contributed by atoms with Crippen LogP contribution in [0.25, 0.3) is 0 Å². The van der Waals surface area contributed by atoms with Crippen LogP contribution in [-0.4, -0.2) is 10.2 Å². The summed E-state index contributed by atoms with van der Waals surface area (Å²) in [5.41, 5.74) is 3.91. The highest BCUT2D eigenvalue weighted by Crippen LogP contribution is 2.39. The molecule has 26 heavy (non-hydrogen) atoms. The lowest BCUT2D eigenvalue weighted by Crippen LogP contribution is -2.23. The minimum Gasteiger partial charge on any atom is -0.508 e. The molecule has 0 aromatic heterocycles. The topological polar surface area (TPSA) is 40.5 Å². The van der Waals surface area contributed by atoms with E-state index in [1.807, 2.05) is 30.3 Å². The smallest absolute Gasteiger partial charge is 0.119 e. The maximum Gasteiger partial charge on any atom is 0.119 e. The van der Waals surface area contributed by atoms with Crippen LogP contribution in [0.2, 0.25) is 0 Å². The zero-order valence-electron chi connectivity index (χ0n) is 15.8. The molecule has 3 aromatic rings. The van der Waals surface area contributed by atoms with E-state index in [1.54, 1.807) is 18.2 Å². The highest BCUT2D eigenvalue weighted by molar-refractivity contribution is 5.48. The second-order valence-electron chi connectivity index (χ2n) is 7.89. The normalized spacial score (nSPS) is 12.2. The Morgan fingerprint density at radius 2 is 1.15 bits per heavy atom. The van der Waals surface area contributed by atoms with Crippen LogP contribution < -0.4 is 0 Å². The van der Waals surface area contributed by atoms with Crippen molar-refractivity contribution in [2.24, 2.45) is 0 Å². The van der Waals surface area contributed by atoms with Crippen LogP contribution in [0.1, 0.15) is 49.9 Å². The van der Waals surface area contributed by atoms with Gasteiger partial charge in [0.15, 0.2) is 0 Å². The lowest BCUT2D eigenvalue weighted by Gasteiger charge is -2.31. The molecule has 0 spiro atoms. The molecule has 0 unspecified atom stereocenters. The number of hydrogen-bond donors (Lipinski definition) is 2.